The number of hydrogen-bond donors (Lipinski definition) is 1. The average molecular weight is 315 g/mol. The lowest BCUT2D eigenvalue weighted by Crippen LogP contribution is -2.36. The van der Waals surface area contributed by atoms with Crippen LogP contribution in [-0.4, -0.2) is 35.8 Å². The number of thiocarbonyl (C=S) groups is 1. The molecule has 5 nitrogen and oxygen atoms in total. The lowest BCUT2D eigenvalue weighted by atomic mass is 10.1. The predicted molar refractivity (Wildman–Crippen MR) is 84.0 cm³/mol. The largest absolute Gasteiger partial charge is 0.388 e. The summed E-state index contributed by atoms with van der Waals surface area (Å²) in [7, 11) is -1.95. The summed E-state index contributed by atoms with van der Waals surface area (Å²) >= 11 is 4.79. The second-order valence-corrected chi connectivity index (χ2v) is 7.68. The Hall–Kier alpha value is -1.05. The second kappa shape index (κ2) is 6.60. The topological polar surface area (TPSA) is 76.3 Å². The Bertz CT molecular complexity index is 568. The molecular formula is C13H21N3O2S2. The Morgan fingerprint density at radius 3 is 2.40 bits per heavy atom. The molecule has 0 fully saturated rings. The lowest BCUT2D eigenvalue weighted by molar-refractivity contribution is 0.337. The van der Waals surface area contributed by atoms with Gasteiger partial charge in [0.25, 0.3) is 0 Å². The fourth-order valence-electron chi connectivity index (χ4n) is 1.91. The van der Waals surface area contributed by atoms with Crippen molar-refractivity contribution in [2.24, 2.45) is 11.7 Å². The van der Waals surface area contributed by atoms with E-state index in [0.29, 0.717) is 11.6 Å². The molecule has 0 spiro atoms. The normalized spacial score (nSPS) is 13.7. The third-order valence-corrected chi connectivity index (χ3v) is 5.26. The Kier molecular flexibility index (Phi) is 5.61. The molecule has 112 valence electrons. The van der Waals surface area contributed by atoms with Crippen LogP contribution in [0.5, 0.6) is 0 Å². The van der Waals surface area contributed by atoms with Crippen molar-refractivity contribution in [3.63, 3.8) is 0 Å². The van der Waals surface area contributed by atoms with Crippen LogP contribution in [-0.2, 0) is 10.0 Å². The first-order valence-corrected chi connectivity index (χ1v) is 8.25. The summed E-state index contributed by atoms with van der Waals surface area (Å²) in [6.45, 7) is 6.03. The highest BCUT2D eigenvalue weighted by Gasteiger charge is 2.26. The molecule has 1 unspecified atom stereocenters. The number of hydrogen-bond acceptors (Lipinski definition) is 4. The highest BCUT2D eigenvalue weighted by Crippen LogP contribution is 2.19. The summed E-state index contributed by atoms with van der Waals surface area (Å²) in [5.74, 6) is 0.428. The zero-order valence-corrected chi connectivity index (χ0v) is 13.8. The number of pyridine rings is 1. The highest BCUT2D eigenvalue weighted by atomic mass is 32.2. The van der Waals surface area contributed by atoms with Crippen molar-refractivity contribution in [3.8, 4) is 0 Å². The summed E-state index contributed by atoms with van der Waals surface area (Å²) in [6.07, 6.45) is 2.09. The van der Waals surface area contributed by atoms with E-state index in [1.165, 1.54) is 22.6 Å². The number of sulfonamides is 1. The maximum atomic E-state index is 12.5. The van der Waals surface area contributed by atoms with Gasteiger partial charge < -0.3 is 5.73 Å². The van der Waals surface area contributed by atoms with Gasteiger partial charge in [0.05, 0.1) is 5.69 Å². The molecule has 1 heterocycles. The standard InChI is InChI=1S/C13H21N3O2S2/c1-9(2)7-10(3)16(4)20(17,18)11-5-6-12(13(14)19)15-8-11/h5-6,8-10H,7H2,1-4H3,(H2,14,19). The molecule has 0 bridgehead atoms. The summed E-state index contributed by atoms with van der Waals surface area (Å²) in [5, 5.41) is 0. The van der Waals surface area contributed by atoms with Gasteiger partial charge >= 0.3 is 0 Å². The highest BCUT2D eigenvalue weighted by molar-refractivity contribution is 7.89. The monoisotopic (exact) mass is 315 g/mol. The van der Waals surface area contributed by atoms with Crippen molar-refractivity contribution in [1.29, 1.82) is 0 Å². The van der Waals surface area contributed by atoms with Gasteiger partial charge in [-0.1, -0.05) is 26.1 Å². The molecule has 1 aromatic heterocycles. The Balaban J connectivity index is 3.01. The Morgan fingerprint density at radius 2 is 2.00 bits per heavy atom. The maximum absolute atomic E-state index is 12.5. The number of aromatic nitrogens is 1. The maximum Gasteiger partial charge on any atom is 0.244 e. The van der Waals surface area contributed by atoms with Crippen LogP contribution in [0.15, 0.2) is 23.2 Å². The van der Waals surface area contributed by atoms with Gasteiger partial charge in [-0.2, -0.15) is 4.31 Å². The molecule has 1 aromatic rings. The van der Waals surface area contributed by atoms with Crippen molar-refractivity contribution < 1.29 is 8.42 Å². The van der Waals surface area contributed by atoms with Gasteiger partial charge in [-0.3, -0.25) is 4.98 Å². The summed E-state index contributed by atoms with van der Waals surface area (Å²) < 4.78 is 26.3. The molecule has 7 heteroatoms. The second-order valence-electron chi connectivity index (χ2n) is 5.24. The van der Waals surface area contributed by atoms with Crippen molar-refractivity contribution >= 4 is 27.2 Å². The minimum atomic E-state index is -3.54. The van der Waals surface area contributed by atoms with Crippen LogP contribution in [0.4, 0.5) is 0 Å². The van der Waals surface area contributed by atoms with E-state index in [4.69, 9.17) is 18.0 Å². The molecule has 0 aliphatic carbocycles. The molecule has 20 heavy (non-hydrogen) atoms. The van der Waals surface area contributed by atoms with E-state index in [2.05, 4.69) is 18.8 Å². The summed E-state index contributed by atoms with van der Waals surface area (Å²) in [4.78, 5) is 4.27. The molecule has 0 saturated carbocycles. The van der Waals surface area contributed by atoms with E-state index < -0.39 is 10.0 Å². The van der Waals surface area contributed by atoms with Gasteiger partial charge in [0.2, 0.25) is 10.0 Å². The zero-order valence-electron chi connectivity index (χ0n) is 12.2. The molecule has 0 aromatic carbocycles. The number of nitrogens with two attached hydrogens (primary N) is 1. The van der Waals surface area contributed by atoms with E-state index in [-0.39, 0.29) is 15.9 Å². The van der Waals surface area contributed by atoms with Crippen LogP contribution in [0.3, 0.4) is 0 Å². The van der Waals surface area contributed by atoms with Gasteiger partial charge in [0.15, 0.2) is 0 Å². The van der Waals surface area contributed by atoms with Gasteiger partial charge in [0.1, 0.15) is 9.88 Å². The minimum Gasteiger partial charge on any atom is -0.388 e. The molecule has 0 radical (unpaired) electrons. The van der Waals surface area contributed by atoms with E-state index in [1.807, 2.05) is 6.92 Å². The van der Waals surface area contributed by atoms with Crippen LogP contribution in [0.2, 0.25) is 0 Å². The molecule has 0 saturated heterocycles. The fraction of sp³-hybridized carbons (Fsp3) is 0.538. The molecular weight excluding hydrogens is 294 g/mol. The van der Waals surface area contributed by atoms with Gasteiger partial charge in [-0.25, -0.2) is 8.42 Å². The van der Waals surface area contributed by atoms with Crippen LogP contribution >= 0.6 is 12.2 Å². The van der Waals surface area contributed by atoms with E-state index in [0.717, 1.165) is 6.42 Å². The van der Waals surface area contributed by atoms with E-state index in [9.17, 15) is 8.42 Å². The summed E-state index contributed by atoms with van der Waals surface area (Å²) in [6, 6.07) is 2.93. The first-order valence-electron chi connectivity index (χ1n) is 6.40. The molecule has 0 amide bonds. The molecule has 1 rings (SSSR count). The average Bonchev–Trinajstić information content (AvgIpc) is 2.37. The first-order chi connectivity index (χ1) is 9.16. The SMILES string of the molecule is CC(C)CC(C)N(C)S(=O)(=O)c1ccc(C(N)=S)nc1. The molecule has 0 aliphatic rings. The van der Waals surface area contributed by atoms with Crippen LogP contribution in [0.1, 0.15) is 32.9 Å². The third-order valence-electron chi connectivity index (χ3n) is 3.10. The lowest BCUT2D eigenvalue weighted by Gasteiger charge is -2.25. The van der Waals surface area contributed by atoms with Crippen molar-refractivity contribution in [2.45, 2.75) is 38.1 Å². The number of nitrogens with zero attached hydrogens (tertiary/aromatic N) is 2. The van der Waals surface area contributed by atoms with Gasteiger partial charge in [-0.05, 0) is 31.4 Å². The molecule has 0 aliphatic heterocycles. The summed E-state index contributed by atoms with van der Waals surface area (Å²) in [5.41, 5.74) is 5.86. The third kappa shape index (κ3) is 3.97. The Labute approximate surface area is 126 Å². The fourth-order valence-corrected chi connectivity index (χ4v) is 3.35. The van der Waals surface area contributed by atoms with Crippen LogP contribution in [0.25, 0.3) is 0 Å². The van der Waals surface area contributed by atoms with Crippen molar-refractivity contribution in [2.75, 3.05) is 7.05 Å². The van der Waals surface area contributed by atoms with Crippen molar-refractivity contribution in [3.05, 3.63) is 24.0 Å². The zero-order chi connectivity index (χ0) is 15.5. The minimum absolute atomic E-state index is 0.0738. The number of rotatable bonds is 6. The smallest absolute Gasteiger partial charge is 0.244 e. The first kappa shape index (κ1) is 17.0. The predicted octanol–water partition coefficient (Wildman–Crippen LogP) is 1.77. The van der Waals surface area contributed by atoms with Gasteiger partial charge in [0, 0.05) is 19.3 Å². The van der Waals surface area contributed by atoms with E-state index >= 15 is 0 Å². The van der Waals surface area contributed by atoms with Crippen molar-refractivity contribution in [1.82, 2.24) is 9.29 Å². The molecule has 2 N–H and O–H groups in total. The Morgan fingerprint density at radius 1 is 1.40 bits per heavy atom. The van der Waals surface area contributed by atoms with Crippen LogP contribution < -0.4 is 5.73 Å². The quantitative estimate of drug-likeness (QED) is 0.810. The van der Waals surface area contributed by atoms with Gasteiger partial charge in [-0.15, -0.1) is 0 Å². The van der Waals surface area contributed by atoms with E-state index in [1.54, 1.807) is 7.05 Å². The molecule has 1 atom stereocenters. The van der Waals surface area contributed by atoms with Crippen LogP contribution in [0, 0.1) is 5.92 Å².